The first-order valence-electron chi connectivity index (χ1n) is 8.56. The number of fused-ring (bicyclic) bond motifs is 1. The molecule has 1 N–H and O–H groups in total. The van der Waals surface area contributed by atoms with E-state index in [0.29, 0.717) is 24.7 Å². The molecule has 0 spiro atoms. The Labute approximate surface area is 156 Å². The summed E-state index contributed by atoms with van der Waals surface area (Å²) in [5, 5.41) is 4.60. The van der Waals surface area contributed by atoms with Crippen LogP contribution in [-0.4, -0.2) is 42.1 Å². The van der Waals surface area contributed by atoms with Crippen LogP contribution in [0.15, 0.2) is 53.1 Å². The van der Waals surface area contributed by atoms with Gasteiger partial charge in [-0.3, -0.25) is 0 Å². The number of pyridine rings is 1. The first-order valence-corrected chi connectivity index (χ1v) is 8.93. The van der Waals surface area contributed by atoms with Crippen molar-refractivity contribution in [3.05, 3.63) is 59.4 Å². The van der Waals surface area contributed by atoms with E-state index in [2.05, 4.69) is 15.2 Å². The van der Waals surface area contributed by atoms with Gasteiger partial charge in [-0.25, -0.2) is 9.78 Å². The van der Waals surface area contributed by atoms with Gasteiger partial charge in [0.15, 0.2) is 0 Å². The summed E-state index contributed by atoms with van der Waals surface area (Å²) in [6.45, 7) is 3.17. The van der Waals surface area contributed by atoms with Crippen LogP contribution in [0.2, 0.25) is 5.02 Å². The SMILES string of the molecule is O=C(NCc1cc2ccccc2o1)N1CCN(c2ccc(Cl)cn2)CC1. The molecular weight excluding hydrogens is 352 g/mol. The van der Waals surface area contributed by atoms with Gasteiger partial charge in [-0.15, -0.1) is 0 Å². The van der Waals surface area contributed by atoms with Gasteiger partial charge in [0.25, 0.3) is 0 Å². The maximum absolute atomic E-state index is 12.4. The molecule has 3 heterocycles. The minimum absolute atomic E-state index is 0.0748. The Bertz CT molecular complexity index is 868. The molecule has 0 bridgehead atoms. The highest BCUT2D eigenvalue weighted by atomic mass is 35.5. The van der Waals surface area contributed by atoms with Crippen molar-refractivity contribution in [2.24, 2.45) is 0 Å². The van der Waals surface area contributed by atoms with E-state index in [-0.39, 0.29) is 6.03 Å². The van der Waals surface area contributed by atoms with Crippen molar-refractivity contribution in [1.29, 1.82) is 0 Å². The number of para-hydroxylation sites is 1. The second kappa shape index (κ2) is 7.25. The van der Waals surface area contributed by atoms with Crippen LogP contribution in [0.3, 0.4) is 0 Å². The predicted molar refractivity (Wildman–Crippen MR) is 101 cm³/mol. The van der Waals surface area contributed by atoms with Crippen molar-refractivity contribution in [2.45, 2.75) is 6.54 Å². The number of nitrogens with zero attached hydrogens (tertiary/aromatic N) is 3. The number of hydrogen-bond acceptors (Lipinski definition) is 4. The number of piperazine rings is 1. The molecule has 2 amide bonds. The zero-order valence-corrected chi connectivity index (χ0v) is 14.9. The smallest absolute Gasteiger partial charge is 0.317 e. The Balaban J connectivity index is 1.30. The van der Waals surface area contributed by atoms with Crippen LogP contribution >= 0.6 is 11.6 Å². The number of furan rings is 1. The molecule has 0 atom stereocenters. The maximum atomic E-state index is 12.4. The molecule has 1 aliphatic rings. The summed E-state index contributed by atoms with van der Waals surface area (Å²) in [4.78, 5) is 20.7. The van der Waals surface area contributed by atoms with Crippen LogP contribution in [0.25, 0.3) is 11.0 Å². The summed E-state index contributed by atoms with van der Waals surface area (Å²) >= 11 is 5.88. The Hall–Kier alpha value is -2.73. The highest BCUT2D eigenvalue weighted by Crippen LogP contribution is 2.19. The Morgan fingerprint density at radius 3 is 2.69 bits per heavy atom. The number of amides is 2. The van der Waals surface area contributed by atoms with E-state index in [1.807, 2.05) is 47.4 Å². The second-order valence-electron chi connectivity index (χ2n) is 6.22. The lowest BCUT2D eigenvalue weighted by atomic mass is 10.2. The lowest BCUT2D eigenvalue weighted by Gasteiger charge is -2.35. The van der Waals surface area contributed by atoms with Gasteiger partial charge in [0.2, 0.25) is 0 Å². The molecule has 7 heteroatoms. The van der Waals surface area contributed by atoms with Gasteiger partial charge in [-0.1, -0.05) is 29.8 Å². The predicted octanol–water partition coefficient (Wildman–Crippen LogP) is 3.51. The molecule has 0 unspecified atom stereocenters. The fourth-order valence-electron chi connectivity index (χ4n) is 3.09. The zero-order chi connectivity index (χ0) is 17.9. The normalized spacial score (nSPS) is 14.7. The quantitative estimate of drug-likeness (QED) is 0.766. The van der Waals surface area contributed by atoms with Gasteiger partial charge in [-0.2, -0.15) is 0 Å². The Morgan fingerprint density at radius 2 is 1.96 bits per heavy atom. The second-order valence-corrected chi connectivity index (χ2v) is 6.65. The van der Waals surface area contributed by atoms with Crippen molar-refractivity contribution in [3.8, 4) is 0 Å². The van der Waals surface area contributed by atoms with Crippen LogP contribution < -0.4 is 10.2 Å². The van der Waals surface area contributed by atoms with Gasteiger partial charge in [0.05, 0.1) is 11.6 Å². The standard InChI is InChI=1S/C19H19ClN4O2/c20-15-5-6-18(21-12-15)23-7-9-24(10-8-23)19(25)22-13-16-11-14-3-1-2-4-17(14)26-16/h1-6,11-12H,7-10,13H2,(H,22,25). The largest absolute Gasteiger partial charge is 0.459 e. The van der Waals surface area contributed by atoms with Crippen molar-refractivity contribution in [1.82, 2.24) is 15.2 Å². The number of rotatable bonds is 3. The number of benzene rings is 1. The molecule has 1 aromatic carbocycles. The number of carbonyl (C=O) groups excluding carboxylic acids is 1. The number of anilines is 1. The van der Waals surface area contributed by atoms with E-state index >= 15 is 0 Å². The van der Waals surface area contributed by atoms with Gasteiger partial charge in [-0.05, 0) is 24.3 Å². The van der Waals surface area contributed by atoms with Gasteiger partial charge >= 0.3 is 6.03 Å². The average molecular weight is 371 g/mol. The third-order valence-electron chi connectivity index (χ3n) is 4.49. The van der Waals surface area contributed by atoms with E-state index in [1.165, 1.54) is 0 Å². The highest BCUT2D eigenvalue weighted by molar-refractivity contribution is 6.30. The molecule has 1 aliphatic heterocycles. The number of carbonyl (C=O) groups is 1. The summed E-state index contributed by atoms with van der Waals surface area (Å²) in [5.41, 5.74) is 0.834. The summed E-state index contributed by atoms with van der Waals surface area (Å²) < 4.78 is 5.73. The average Bonchev–Trinajstić information content (AvgIpc) is 3.10. The molecule has 0 aliphatic carbocycles. The molecule has 2 aromatic heterocycles. The Morgan fingerprint density at radius 1 is 1.15 bits per heavy atom. The van der Waals surface area contributed by atoms with E-state index in [4.69, 9.17) is 16.0 Å². The van der Waals surface area contributed by atoms with E-state index in [9.17, 15) is 4.79 Å². The summed E-state index contributed by atoms with van der Waals surface area (Å²) in [6.07, 6.45) is 1.64. The Kier molecular flexibility index (Phi) is 4.67. The summed E-state index contributed by atoms with van der Waals surface area (Å²) in [7, 11) is 0. The third-order valence-corrected chi connectivity index (χ3v) is 4.72. The number of aromatic nitrogens is 1. The lowest BCUT2D eigenvalue weighted by molar-refractivity contribution is 0.193. The van der Waals surface area contributed by atoms with E-state index < -0.39 is 0 Å². The highest BCUT2D eigenvalue weighted by Gasteiger charge is 2.21. The number of nitrogens with one attached hydrogen (secondary N) is 1. The number of halogens is 1. The zero-order valence-electron chi connectivity index (χ0n) is 14.2. The van der Waals surface area contributed by atoms with Crippen LogP contribution in [0.1, 0.15) is 5.76 Å². The van der Waals surface area contributed by atoms with Crippen molar-refractivity contribution in [3.63, 3.8) is 0 Å². The first kappa shape index (κ1) is 16.7. The van der Waals surface area contributed by atoms with E-state index in [1.54, 1.807) is 6.20 Å². The first-order chi connectivity index (χ1) is 12.7. The molecule has 1 fully saturated rings. The fourth-order valence-corrected chi connectivity index (χ4v) is 3.20. The summed E-state index contributed by atoms with van der Waals surface area (Å²) in [5.74, 6) is 1.64. The molecule has 6 nitrogen and oxygen atoms in total. The van der Waals surface area contributed by atoms with Crippen LogP contribution in [0.4, 0.5) is 10.6 Å². The van der Waals surface area contributed by atoms with Crippen LogP contribution in [0, 0.1) is 0 Å². The lowest BCUT2D eigenvalue weighted by Crippen LogP contribution is -2.51. The van der Waals surface area contributed by atoms with Gasteiger partial charge < -0.3 is 19.5 Å². The topological polar surface area (TPSA) is 61.6 Å². The van der Waals surface area contributed by atoms with Gasteiger partial charge in [0.1, 0.15) is 17.2 Å². The van der Waals surface area contributed by atoms with Crippen LogP contribution in [0.5, 0.6) is 0 Å². The number of urea groups is 1. The minimum Gasteiger partial charge on any atom is -0.459 e. The van der Waals surface area contributed by atoms with Crippen LogP contribution in [-0.2, 0) is 6.54 Å². The molecule has 1 saturated heterocycles. The summed E-state index contributed by atoms with van der Waals surface area (Å²) in [6, 6.07) is 13.4. The molecule has 4 rings (SSSR count). The maximum Gasteiger partial charge on any atom is 0.317 e. The van der Waals surface area contributed by atoms with Crippen molar-refractivity contribution < 1.29 is 9.21 Å². The molecule has 3 aromatic rings. The molecule has 0 radical (unpaired) electrons. The third kappa shape index (κ3) is 3.60. The monoisotopic (exact) mass is 370 g/mol. The fraction of sp³-hybridized carbons (Fsp3) is 0.263. The molecule has 134 valence electrons. The van der Waals surface area contributed by atoms with E-state index in [0.717, 1.165) is 35.6 Å². The molecular formula is C19H19ClN4O2. The van der Waals surface area contributed by atoms with Crippen molar-refractivity contribution in [2.75, 3.05) is 31.1 Å². The molecule has 0 saturated carbocycles. The van der Waals surface area contributed by atoms with Crippen molar-refractivity contribution >= 4 is 34.4 Å². The van der Waals surface area contributed by atoms with Gasteiger partial charge in [0, 0.05) is 37.8 Å². The molecule has 26 heavy (non-hydrogen) atoms. The minimum atomic E-state index is -0.0748. The number of hydrogen-bond donors (Lipinski definition) is 1.